The third-order valence-corrected chi connectivity index (χ3v) is 3.41. The Balaban J connectivity index is -0.000000605. The number of carboxylic acid groups (broad SMARTS) is 1. The Kier molecular flexibility index (Phi) is 13.0. The summed E-state index contributed by atoms with van der Waals surface area (Å²) in [5, 5.41) is 9.72. The van der Waals surface area contributed by atoms with Gasteiger partial charge in [-0.3, -0.25) is 0 Å². The van der Waals surface area contributed by atoms with Gasteiger partial charge in [0.15, 0.2) is 0 Å². The number of amides is 1. The molecule has 0 aliphatic rings. The number of quaternary nitrogens is 2. The second kappa shape index (κ2) is 9.36. The van der Waals surface area contributed by atoms with Crippen molar-refractivity contribution in [1.82, 2.24) is 17.0 Å². The van der Waals surface area contributed by atoms with Gasteiger partial charge in [-0.05, 0) is 0 Å². The summed E-state index contributed by atoms with van der Waals surface area (Å²) in [6.45, 7) is 0. The first-order valence-corrected chi connectivity index (χ1v) is 6.50. The molecule has 0 aromatic rings. The predicted molar refractivity (Wildman–Crippen MR) is 55.1 cm³/mol. The minimum absolute atomic E-state index is 0. The average molecular weight is 267 g/mol. The minimum atomic E-state index is -4.20. The van der Waals surface area contributed by atoms with Crippen LogP contribution >= 0.6 is 21.8 Å². The SMILES string of the molecule is O=C([O-])NSSCCS(=O)(=O)[O-].[NH4+].[NH4+]. The molecule has 0 unspecified atom stereocenters. The fourth-order valence-corrected chi connectivity index (χ4v) is 2.78. The summed E-state index contributed by atoms with van der Waals surface area (Å²) in [7, 11) is -2.58. The van der Waals surface area contributed by atoms with E-state index in [1.54, 1.807) is 0 Å². The zero-order chi connectivity index (χ0) is 9.61. The van der Waals surface area contributed by atoms with E-state index in [9.17, 15) is 22.9 Å². The highest BCUT2D eigenvalue weighted by atomic mass is 33.1. The summed E-state index contributed by atoms with van der Waals surface area (Å²) >= 11 is 0. The molecule has 14 heavy (non-hydrogen) atoms. The molecule has 0 aliphatic carbocycles. The largest absolute Gasteiger partial charge is 0.748 e. The van der Waals surface area contributed by atoms with Gasteiger partial charge in [0.05, 0.1) is 10.1 Å². The molecule has 0 fully saturated rings. The van der Waals surface area contributed by atoms with Gasteiger partial charge >= 0.3 is 0 Å². The summed E-state index contributed by atoms with van der Waals surface area (Å²) in [5.41, 5.74) is 0. The maximum absolute atomic E-state index is 10.0. The molecular weight excluding hydrogens is 254 g/mol. The van der Waals surface area contributed by atoms with Crippen LogP contribution < -0.4 is 22.1 Å². The van der Waals surface area contributed by atoms with Gasteiger partial charge in [0, 0.05) is 22.5 Å². The van der Waals surface area contributed by atoms with Crippen molar-refractivity contribution in [2.45, 2.75) is 0 Å². The quantitative estimate of drug-likeness (QED) is 0.260. The molecule has 0 radical (unpaired) electrons. The predicted octanol–water partition coefficient (Wildman–Crippen LogP) is -0.487. The lowest BCUT2D eigenvalue weighted by Crippen LogP contribution is -2.31. The van der Waals surface area contributed by atoms with E-state index in [-0.39, 0.29) is 18.1 Å². The third-order valence-electron chi connectivity index (χ3n) is 0.601. The first-order valence-electron chi connectivity index (χ1n) is 2.61. The van der Waals surface area contributed by atoms with Crippen LogP contribution in [-0.2, 0) is 10.1 Å². The highest BCUT2D eigenvalue weighted by molar-refractivity contribution is 8.76. The average Bonchev–Trinajstić information content (AvgIpc) is 1.83. The Morgan fingerprint density at radius 3 is 2.21 bits per heavy atom. The van der Waals surface area contributed by atoms with E-state index in [0.29, 0.717) is 11.0 Å². The molecule has 11 heteroatoms. The highest BCUT2D eigenvalue weighted by Gasteiger charge is 1.95. The number of nitrogens with one attached hydrogen (secondary N) is 1. The molecule has 0 rings (SSSR count). The third kappa shape index (κ3) is 17.8. The van der Waals surface area contributed by atoms with Crippen molar-refractivity contribution < 1.29 is 22.9 Å². The Bertz CT molecular complexity index is 242. The number of hydrogen-bond acceptors (Lipinski definition) is 7. The summed E-state index contributed by atoms with van der Waals surface area (Å²) in [4.78, 5) is 9.72. The van der Waals surface area contributed by atoms with Crippen molar-refractivity contribution >= 4 is 38.0 Å². The number of rotatable bonds is 5. The molecule has 88 valence electrons. The van der Waals surface area contributed by atoms with Crippen molar-refractivity contribution in [2.24, 2.45) is 0 Å². The summed E-state index contributed by atoms with van der Waals surface area (Å²) < 4.78 is 31.8. The van der Waals surface area contributed by atoms with Gasteiger partial charge in [-0.15, -0.1) is 0 Å². The van der Waals surface area contributed by atoms with E-state index in [2.05, 4.69) is 0 Å². The second-order valence-corrected chi connectivity index (χ2v) is 5.30. The van der Waals surface area contributed by atoms with E-state index >= 15 is 0 Å². The van der Waals surface area contributed by atoms with Crippen LogP contribution in [0.5, 0.6) is 0 Å². The molecule has 0 spiro atoms. The van der Waals surface area contributed by atoms with Gasteiger partial charge in [-0.2, -0.15) is 0 Å². The second-order valence-electron chi connectivity index (χ2n) is 1.56. The number of carbonyl (C=O) groups is 1. The van der Waals surface area contributed by atoms with E-state index in [1.807, 2.05) is 4.72 Å². The Morgan fingerprint density at radius 1 is 1.36 bits per heavy atom. The Labute approximate surface area is 89.7 Å². The van der Waals surface area contributed by atoms with Gasteiger partial charge in [0.2, 0.25) is 0 Å². The summed E-state index contributed by atoms with van der Waals surface area (Å²) in [6.07, 6.45) is -1.46. The first kappa shape index (κ1) is 19.4. The zero-order valence-electron chi connectivity index (χ0n) is 7.68. The molecule has 0 aromatic carbocycles. The fraction of sp³-hybridized carbons (Fsp3) is 0.667. The smallest absolute Gasteiger partial charge is 0.145 e. The van der Waals surface area contributed by atoms with Crippen LogP contribution in [0.25, 0.3) is 0 Å². The van der Waals surface area contributed by atoms with Gasteiger partial charge in [0.1, 0.15) is 6.09 Å². The highest BCUT2D eigenvalue weighted by Crippen LogP contribution is 2.16. The molecule has 0 atom stereocenters. The lowest BCUT2D eigenvalue weighted by molar-refractivity contribution is -0.247. The molecule has 0 aliphatic heterocycles. The normalized spacial score (nSPS) is 9.50. The molecular formula is C3H13N3O5S3. The number of carbonyl (C=O) groups excluding carboxylic acids is 1. The maximum Gasteiger partial charge on any atom is 0.145 e. The lowest BCUT2D eigenvalue weighted by atomic mass is 11.0. The monoisotopic (exact) mass is 267 g/mol. The first-order chi connectivity index (χ1) is 5.42. The standard InChI is InChI=1S/C3H7NO5S3.2H3N/c5-3(6)4-11-10-1-2-12(7,8)9;;/h4H,1-2H2,(H,5,6)(H,7,8,9);2*1H3. The van der Waals surface area contributed by atoms with Crippen LogP contribution in [0.3, 0.4) is 0 Å². The van der Waals surface area contributed by atoms with Crippen LogP contribution in [0, 0.1) is 0 Å². The molecule has 0 heterocycles. The fourth-order valence-electron chi connectivity index (χ4n) is 0.241. The maximum atomic E-state index is 10.0. The Hall–Kier alpha value is -0.200. The van der Waals surface area contributed by atoms with E-state index in [4.69, 9.17) is 0 Å². The molecule has 9 N–H and O–H groups in total. The Morgan fingerprint density at radius 2 is 1.86 bits per heavy atom. The lowest BCUT2D eigenvalue weighted by Gasteiger charge is -2.06. The number of hydrogen-bond donors (Lipinski definition) is 3. The van der Waals surface area contributed by atoms with Crippen molar-refractivity contribution in [3.63, 3.8) is 0 Å². The molecule has 0 bridgehead atoms. The van der Waals surface area contributed by atoms with Gasteiger partial charge in [-0.25, -0.2) is 8.42 Å². The van der Waals surface area contributed by atoms with Crippen molar-refractivity contribution in [3.8, 4) is 0 Å². The summed E-state index contributed by atoms with van der Waals surface area (Å²) in [5.74, 6) is -0.476. The topological polar surface area (TPSA) is 182 Å². The summed E-state index contributed by atoms with van der Waals surface area (Å²) in [6, 6.07) is 0. The van der Waals surface area contributed by atoms with Gasteiger partial charge in [0.25, 0.3) is 0 Å². The van der Waals surface area contributed by atoms with E-state index < -0.39 is 22.0 Å². The van der Waals surface area contributed by atoms with Crippen LogP contribution in [0.4, 0.5) is 4.79 Å². The van der Waals surface area contributed by atoms with Crippen LogP contribution in [0.1, 0.15) is 0 Å². The van der Waals surface area contributed by atoms with Crippen LogP contribution in [0.15, 0.2) is 0 Å². The minimum Gasteiger partial charge on any atom is -0.748 e. The van der Waals surface area contributed by atoms with Crippen molar-refractivity contribution in [2.75, 3.05) is 11.5 Å². The molecule has 0 saturated carbocycles. The van der Waals surface area contributed by atoms with Crippen molar-refractivity contribution in [1.29, 1.82) is 0 Å². The van der Waals surface area contributed by atoms with Gasteiger partial charge < -0.3 is 31.5 Å². The van der Waals surface area contributed by atoms with E-state index in [0.717, 1.165) is 10.8 Å². The molecule has 1 amide bonds. The van der Waals surface area contributed by atoms with Gasteiger partial charge in [-0.1, -0.05) is 10.8 Å². The van der Waals surface area contributed by atoms with E-state index in [1.165, 1.54) is 0 Å². The molecule has 0 saturated heterocycles. The zero-order valence-corrected chi connectivity index (χ0v) is 10.1. The van der Waals surface area contributed by atoms with Crippen LogP contribution in [-0.4, -0.2) is 30.6 Å². The molecule has 0 aromatic heterocycles. The van der Waals surface area contributed by atoms with Crippen LogP contribution in [0.2, 0.25) is 0 Å². The molecule has 8 nitrogen and oxygen atoms in total. The van der Waals surface area contributed by atoms with Crippen molar-refractivity contribution in [3.05, 3.63) is 0 Å².